The van der Waals surface area contributed by atoms with Gasteiger partial charge in [0.15, 0.2) is 17.0 Å². The lowest BCUT2D eigenvalue weighted by Crippen LogP contribution is -2.32. The van der Waals surface area contributed by atoms with Gasteiger partial charge in [-0.1, -0.05) is 127 Å². The number of hydrogen-bond donors (Lipinski definition) is 0. The first-order chi connectivity index (χ1) is 25.3. The van der Waals surface area contributed by atoms with E-state index in [9.17, 15) is 0 Å². The molecule has 5 heteroatoms. The summed E-state index contributed by atoms with van der Waals surface area (Å²) in [5.41, 5.74) is 14.3. The van der Waals surface area contributed by atoms with E-state index in [0.29, 0.717) is 5.82 Å². The minimum absolute atomic E-state index is 0.0429. The number of rotatable bonds is 4. The molecule has 1 unspecified atom stereocenters. The van der Waals surface area contributed by atoms with E-state index in [2.05, 4.69) is 109 Å². The first kappa shape index (κ1) is 28.2. The molecule has 1 atom stereocenters. The first-order valence-corrected chi connectivity index (χ1v) is 17.3. The molecule has 0 saturated carbocycles. The maximum atomic E-state index is 6.84. The van der Waals surface area contributed by atoms with Gasteiger partial charge in [0.1, 0.15) is 11.4 Å². The number of furan rings is 1. The lowest BCUT2D eigenvalue weighted by molar-refractivity contribution is 0.517. The van der Waals surface area contributed by atoms with E-state index in [1.165, 1.54) is 22.3 Å². The second-order valence-electron chi connectivity index (χ2n) is 13.3. The Balaban J connectivity index is 1.10. The number of para-hydroxylation sites is 2. The van der Waals surface area contributed by atoms with Gasteiger partial charge in [-0.3, -0.25) is 0 Å². The molecule has 5 aromatic carbocycles. The minimum atomic E-state index is -0.0429. The summed E-state index contributed by atoms with van der Waals surface area (Å²) in [6.07, 6.45) is 5.47. The van der Waals surface area contributed by atoms with Crippen LogP contribution in [0.4, 0.5) is 5.69 Å². The molecule has 11 rings (SSSR count). The second kappa shape index (κ2) is 10.9. The molecule has 0 N–H and O–H groups in total. The molecule has 2 aliphatic carbocycles. The Hall–Kier alpha value is -6.72. The van der Waals surface area contributed by atoms with Crippen molar-refractivity contribution in [1.29, 1.82) is 0 Å². The van der Waals surface area contributed by atoms with Gasteiger partial charge in [0.2, 0.25) is 0 Å². The molecular formula is C46H28N4O. The predicted octanol–water partition coefficient (Wildman–Crippen LogP) is 7.31. The SMILES string of the molecule is C1=C2C(=Nc3ccccc32)c2oc3c(c2C1)=CC(c1cccc(-c2cc(-c4ccccc4)nc(-c4ccccc4)n2)c1)C1=c2ccccc2=NC=31. The molecule has 0 amide bonds. The lowest BCUT2D eigenvalue weighted by Gasteiger charge is -2.20. The maximum absolute atomic E-state index is 6.84. The highest BCUT2D eigenvalue weighted by atomic mass is 16.3. The Morgan fingerprint density at radius 3 is 2.22 bits per heavy atom. The van der Waals surface area contributed by atoms with Gasteiger partial charge in [-0.05, 0) is 36.2 Å². The van der Waals surface area contributed by atoms with Gasteiger partial charge in [-0.2, -0.15) is 0 Å². The highest BCUT2D eigenvalue weighted by molar-refractivity contribution is 6.36. The fraction of sp³-hybridized carbons (Fsp3) is 0.0435. The molecule has 4 aliphatic rings. The average molecular weight is 653 g/mol. The van der Waals surface area contributed by atoms with Gasteiger partial charge in [0.25, 0.3) is 0 Å². The molecule has 2 aliphatic heterocycles. The quantitative estimate of drug-likeness (QED) is 0.200. The lowest BCUT2D eigenvalue weighted by atomic mass is 9.83. The smallest absolute Gasteiger partial charge is 0.160 e. The third-order valence-corrected chi connectivity index (χ3v) is 10.4. The molecule has 0 spiro atoms. The summed E-state index contributed by atoms with van der Waals surface area (Å²) in [5, 5.41) is 3.23. The Kier molecular flexibility index (Phi) is 6.01. The van der Waals surface area contributed by atoms with Crippen LogP contribution in [0.5, 0.6) is 0 Å². The van der Waals surface area contributed by atoms with Gasteiger partial charge in [-0.15, -0.1) is 0 Å². The molecule has 0 radical (unpaired) electrons. The van der Waals surface area contributed by atoms with Crippen LogP contribution >= 0.6 is 0 Å². The van der Waals surface area contributed by atoms with Crippen LogP contribution in [0.25, 0.3) is 56.8 Å². The van der Waals surface area contributed by atoms with Crippen molar-refractivity contribution in [2.75, 3.05) is 0 Å². The fourth-order valence-electron chi connectivity index (χ4n) is 7.98. The monoisotopic (exact) mass is 652 g/mol. The van der Waals surface area contributed by atoms with Crippen LogP contribution < -0.4 is 21.2 Å². The van der Waals surface area contributed by atoms with Crippen LogP contribution in [0.15, 0.2) is 160 Å². The van der Waals surface area contributed by atoms with E-state index in [0.717, 1.165) is 84.1 Å². The minimum Gasteiger partial charge on any atom is -0.452 e. The molecule has 0 fully saturated rings. The van der Waals surface area contributed by atoms with Crippen molar-refractivity contribution in [1.82, 2.24) is 9.97 Å². The van der Waals surface area contributed by atoms with E-state index >= 15 is 0 Å². The molecule has 7 aromatic rings. The third-order valence-electron chi connectivity index (χ3n) is 10.4. The number of aliphatic imine (C=N–C) groups is 1. The first-order valence-electron chi connectivity index (χ1n) is 17.3. The van der Waals surface area contributed by atoms with Crippen LogP contribution in [0.3, 0.4) is 0 Å². The zero-order valence-corrected chi connectivity index (χ0v) is 27.4. The molecule has 2 aromatic heterocycles. The molecule has 0 bridgehead atoms. The number of fused-ring (bicyclic) bond motifs is 9. The third kappa shape index (κ3) is 4.35. The number of allylic oxidation sites excluding steroid dienone is 2. The predicted molar refractivity (Wildman–Crippen MR) is 202 cm³/mol. The highest BCUT2D eigenvalue weighted by Crippen LogP contribution is 2.41. The van der Waals surface area contributed by atoms with Crippen molar-refractivity contribution in [3.05, 3.63) is 189 Å². The van der Waals surface area contributed by atoms with Crippen molar-refractivity contribution in [2.45, 2.75) is 12.3 Å². The number of aromatic nitrogens is 2. The van der Waals surface area contributed by atoms with E-state index in [1.54, 1.807) is 0 Å². The Morgan fingerprint density at radius 1 is 0.627 bits per heavy atom. The van der Waals surface area contributed by atoms with E-state index in [4.69, 9.17) is 24.4 Å². The van der Waals surface area contributed by atoms with E-state index in [1.807, 2.05) is 42.5 Å². The van der Waals surface area contributed by atoms with Crippen molar-refractivity contribution in [2.24, 2.45) is 9.98 Å². The molecule has 238 valence electrons. The van der Waals surface area contributed by atoms with Gasteiger partial charge < -0.3 is 4.42 Å². The van der Waals surface area contributed by atoms with Crippen molar-refractivity contribution < 1.29 is 4.42 Å². The molecule has 5 nitrogen and oxygen atoms in total. The topological polar surface area (TPSA) is 63.6 Å². The molecule has 4 heterocycles. The van der Waals surface area contributed by atoms with E-state index in [-0.39, 0.29) is 5.92 Å². The summed E-state index contributed by atoms with van der Waals surface area (Å²) >= 11 is 0. The van der Waals surface area contributed by atoms with Crippen molar-refractivity contribution in [3.63, 3.8) is 0 Å². The summed E-state index contributed by atoms with van der Waals surface area (Å²) in [7, 11) is 0. The Morgan fingerprint density at radius 2 is 1.35 bits per heavy atom. The summed E-state index contributed by atoms with van der Waals surface area (Å²) < 4.78 is 6.84. The van der Waals surface area contributed by atoms with E-state index < -0.39 is 0 Å². The van der Waals surface area contributed by atoms with Gasteiger partial charge in [0, 0.05) is 55.3 Å². The number of nitrogens with zero attached hydrogens (tertiary/aromatic N) is 4. The fourth-order valence-corrected chi connectivity index (χ4v) is 7.98. The number of hydrogen-bond acceptors (Lipinski definition) is 5. The van der Waals surface area contributed by atoms with Gasteiger partial charge in [-0.25, -0.2) is 20.0 Å². The van der Waals surface area contributed by atoms with Gasteiger partial charge in [0.05, 0.1) is 22.4 Å². The summed E-state index contributed by atoms with van der Waals surface area (Å²) in [6.45, 7) is 0. The largest absolute Gasteiger partial charge is 0.452 e. The second-order valence-corrected chi connectivity index (χ2v) is 13.3. The molecule has 0 saturated heterocycles. The van der Waals surface area contributed by atoms with Crippen molar-refractivity contribution in [3.8, 4) is 33.9 Å². The van der Waals surface area contributed by atoms with Crippen LogP contribution in [-0.4, -0.2) is 15.7 Å². The Bertz CT molecular complexity index is 2880. The van der Waals surface area contributed by atoms with Gasteiger partial charge >= 0.3 is 0 Å². The van der Waals surface area contributed by atoms with Crippen LogP contribution in [0, 0.1) is 0 Å². The molecular weight excluding hydrogens is 625 g/mol. The van der Waals surface area contributed by atoms with Crippen LogP contribution in [0.1, 0.15) is 28.4 Å². The molecule has 51 heavy (non-hydrogen) atoms. The summed E-state index contributed by atoms with van der Waals surface area (Å²) in [6, 6.07) is 48.2. The number of benzene rings is 5. The Labute approximate surface area is 293 Å². The zero-order chi connectivity index (χ0) is 33.5. The summed E-state index contributed by atoms with van der Waals surface area (Å²) in [4.78, 5) is 20.4. The van der Waals surface area contributed by atoms with Crippen molar-refractivity contribution >= 4 is 34.3 Å². The maximum Gasteiger partial charge on any atom is 0.160 e. The zero-order valence-electron chi connectivity index (χ0n) is 27.4. The summed E-state index contributed by atoms with van der Waals surface area (Å²) in [5.74, 6) is 1.52. The average Bonchev–Trinajstić information content (AvgIpc) is 3.90. The highest BCUT2D eigenvalue weighted by Gasteiger charge is 2.34. The van der Waals surface area contributed by atoms with Crippen LogP contribution in [-0.2, 0) is 6.42 Å². The van der Waals surface area contributed by atoms with Crippen LogP contribution in [0.2, 0.25) is 0 Å². The standard InChI is InChI=1S/C46H28N4O/c1-3-12-27(13-4-1)39-26-40(50-46(49-39)28-14-5-2-6-15-28)30-17-11-16-29(24-30)35-25-36-33-23-22-32-31-18-7-9-20-37(31)47-42(32)44(33)51-45(36)43-41(35)34-19-8-10-21-38(34)48-43/h1-22,24-26,35H,23H2. The normalized spacial score (nSPS) is 16.0.